The van der Waals surface area contributed by atoms with E-state index in [0.29, 0.717) is 0 Å². The number of hydrogen-bond acceptors (Lipinski definition) is 3. The van der Waals surface area contributed by atoms with Gasteiger partial charge in [0.1, 0.15) is 0 Å². The van der Waals surface area contributed by atoms with Crippen molar-refractivity contribution in [3.05, 3.63) is 0 Å². The molecular weight excluding hydrogens is 154 g/mol. The minimum atomic E-state index is -0.297. The number of primary amides is 1. The van der Waals surface area contributed by atoms with Gasteiger partial charge in [0.2, 0.25) is 5.91 Å². The molecule has 0 saturated carbocycles. The molecule has 1 aliphatic rings. The van der Waals surface area contributed by atoms with Gasteiger partial charge in [0.25, 0.3) is 0 Å². The van der Waals surface area contributed by atoms with E-state index in [-0.39, 0.29) is 11.9 Å². The summed E-state index contributed by atoms with van der Waals surface area (Å²) in [6, 6.07) is -0.254. The Hall–Kier alpha value is -0.610. The number of nitrogens with two attached hydrogens (primary N) is 1. The van der Waals surface area contributed by atoms with Crippen molar-refractivity contribution in [3.8, 4) is 0 Å². The van der Waals surface area contributed by atoms with Crippen LogP contribution in [0.4, 0.5) is 0 Å². The number of hydrazine groups is 1. The van der Waals surface area contributed by atoms with Crippen molar-refractivity contribution < 1.29 is 4.79 Å². The second-order valence-corrected chi connectivity index (χ2v) is 3.59. The topological polar surface area (TPSA) is 58.4 Å². The molecule has 0 aromatic carbocycles. The molecule has 0 aliphatic carbocycles. The van der Waals surface area contributed by atoms with Crippen LogP contribution < -0.4 is 11.2 Å². The summed E-state index contributed by atoms with van der Waals surface area (Å²) < 4.78 is 0. The van der Waals surface area contributed by atoms with Gasteiger partial charge < -0.3 is 5.73 Å². The van der Waals surface area contributed by atoms with Gasteiger partial charge in [-0.2, -0.15) is 0 Å². The van der Waals surface area contributed by atoms with Crippen LogP contribution in [0.15, 0.2) is 0 Å². The second kappa shape index (κ2) is 3.87. The van der Waals surface area contributed by atoms with Crippen LogP contribution in [-0.2, 0) is 4.79 Å². The van der Waals surface area contributed by atoms with Gasteiger partial charge in [0.15, 0.2) is 0 Å². The van der Waals surface area contributed by atoms with E-state index in [4.69, 9.17) is 5.73 Å². The molecule has 4 nitrogen and oxygen atoms in total. The van der Waals surface area contributed by atoms with Crippen molar-refractivity contribution >= 4 is 5.91 Å². The van der Waals surface area contributed by atoms with Crippen molar-refractivity contribution in [2.75, 3.05) is 13.1 Å². The van der Waals surface area contributed by atoms with Crippen molar-refractivity contribution in [3.63, 3.8) is 0 Å². The lowest BCUT2D eigenvalue weighted by Gasteiger charge is -2.20. The van der Waals surface area contributed by atoms with Crippen LogP contribution in [0.3, 0.4) is 0 Å². The van der Waals surface area contributed by atoms with Gasteiger partial charge in [-0.1, -0.05) is 6.92 Å². The van der Waals surface area contributed by atoms with Crippen molar-refractivity contribution in [2.45, 2.75) is 26.3 Å². The first-order valence-electron chi connectivity index (χ1n) is 4.40. The van der Waals surface area contributed by atoms with E-state index in [2.05, 4.69) is 17.4 Å². The summed E-state index contributed by atoms with van der Waals surface area (Å²) in [5.74, 6) is 0.423. The van der Waals surface area contributed by atoms with E-state index < -0.39 is 0 Å². The molecule has 1 saturated heterocycles. The van der Waals surface area contributed by atoms with Crippen LogP contribution in [0.2, 0.25) is 0 Å². The van der Waals surface area contributed by atoms with Crippen molar-refractivity contribution in [2.24, 2.45) is 11.7 Å². The molecule has 4 heteroatoms. The number of hydrogen-bond donors (Lipinski definition) is 2. The summed E-state index contributed by atoms with van der Waals surface area (Å²) in [5.41, 5.74) is 8.19. The highest BCUT2D eigenvalue weighted by Gasteiger charge is 2.21. The summed E-state index contributed by atoms with van der Waals surface area (Å²) in [7, 11) is 0. The standard InChI is InChI=1S/C8H17N3O/c1-6-3-4-11(5-6)10-7(2)8(9)12/h6-7,10H,3-5H2,1-2H3,(H2,9,12). The van der Waals surface area contributed by atoms with Crippen LogP contribution in [0, 0.1) is 5.92 Å². The first kappa shape index (κ1) is 9.48. The normalized spacial score (nSPS) is 27.3. The average Bonchev–Trinajstić information content (AvgIpc) is 2.35. The minimum absolute atomic E-state index is 0.254. The van der Waals surface area contributed by atoms with Crippen LogP contribution in [0.25, 0.3) is 0 Å². The van der Waals surface area contributed by atoms with Gasteiger partial charge in [0.05, 0.1) is 6.04 Å². The van der Waals surface area contributed by atoms with E-state index in [1.54, 1.807) is 6.92 Å². The number of carbonyl (C=O) groups is 1. The molecule has 12 heavy (non-hydrogen) atoms. The zero-order valence-electron chi connectivity index (χ0n) is 7.71. The third-order valence-electron chi connectivity index (χ3n) is 2.23. The van der Waals surface area contributed by atoms with E-state index in [0.717, 1.165) is 19.0 Å². The van der Waals surface area contributed by atoms with Gasteiger partial charge in [-0.05, 0) is 19.3 Å². The maximum atomic E-state index is 10.7. The zero-order valence-corrected chi connectivity index (χ0v) is 7.71. The number of rotatable bonds is 3. The van der Waals surface area contributed by atoms with Gasteiger partial charge in [-0.3, -0.25) is 4.79 Å². The molecule has 2 unspecified atom stereocenters. The van der Waals surface area contributed by atoms with E-state index in [1.807, 2.05) is 0 Å². The van der Waals surface area contributed by atoms with E-state index in [1.165, 1.54) is 6.42 Å². The summed E-state index contributed by atoms with van der Waals surface area (Å²) >= 11 is 0. The number of nitrogens with one attached hydrogen (secondary N) is 1. The van der Waals surface area contributed by atoms with Gasteiger partial charge in [-0.15, -0.1) is 0 Å². The zero-order chi connectivity index (χ0) is 9.14. The maximum Gasteiger partial charge on any atom is 0.235 e. The fourth-order valence-electron chi connectivity index (χ4n) is 1.39. The lowest BCUT2D eigenvalue weighted by atomic mass is 10.2. The fourth-order valence-corrected chi connectivity index (χ4v) is 1.39. The maximum absolute atomic E-state index is 10.7. The predicted molar refractivity (Wildman–Crippen MR) is 47.1 cm³/mol. The van der Waals surface area contributed by atoms with E-state index >= 15 is 0 Å². The summed E-state index contributed by atoms with van der Waals surface area (Å²) in [4.78, 5) is 10.7. The Morgan fingerprint density at radius 3 is 2.83 bits per heavy atom. The molecule has 0 bridgehead atoms. The Kier molecular flexibility index (Phi) is 3.05. The van der Waals surface area contributed by atoms with Crippen LogP contribution in [-0.4, -0.2) is 30.0 Å². The number of amides is 1. The Labute approximate surface area is 73.1 Å². The molecule has 0 radical (unpaired) electrons. The Morgan fingerprint density at radius 1 is 1.75 bits per heavy atom. The molecule has 1 rings (SSSR count). The highest BCUT2D eigenvalue weighted by molar-refractivity contribution is 5.79. The molecular formula is C8H17N3O. The Balaban J connectivity index is 2.27. The van der Waals surface area contributed by atoms with Crippen LogP contribution in [0.5, 0.6) is 0 Å². The first-order chi connectivity index (χ1) is 5.59. The molecule has 3 N–H and O–H groups in total. The number of carbonyl (C=O) groups excluding carboxylic acids is 1. The number of nitrogens with zero attached hydrogens (tertiary/aromatic N) is 1. The molecule has 0 spiro atoms. The molecule has 2 atom stereocenters. The Bertz CT molecular complexity index is 172. The summed E-state index contributed by atoms with van der Waals surface area (Å²) in [5, 5.41) is 2.07. The second-order valence-electron chi connectivity index (χ2n) is 3.59. The average molecular weight is 171 g/mol. The SMILES string of the molecule is CC1CCN(NC(C)C(N)=O)C1. The van der Waals surface area contributed by atoms with Gasteiger partial charge in [0, 0.05) is 13.1 Å². The summed E-state index contributed by atoms with van der Waals surface area (Å²) in [6.45, 7) is 6.01. The highest BCUT2D eigenvalue weighted by atomic mass is 16.1. The molecule has 0 aromatic heterocycles. The fraction of sp³-hybridized carbons (Fsp3) is 0.875. The molecule has 0 aromatic rings. The smallest absolute Gasteiger partial charge is 0.235 e. The monoisotopic (exact) mass is 171 g/mol. The van der Waals surface area contributed by atoms with Crippen LogP contribution in [0.1, 0.15) is 20.3 Å². The lowest BCUT2D eigenvalue weighted by molar-refractivity contribution is -0.120. The quantitative estimate of drug-likeness (QED) is 0.613. The molecule has 1 aliphatic heterocycles. The first-order valence-corrected chi connectivity index (χ1v) is 4.40. The van der Waals surface area contributed by atoms with Crippen LogP contribution >= 0.6 is 0 Å². The highest BCUT2D eigenvalue weighted by Crippen LogP contribution is 2.12. The van der Waals surface area contributed by atoms with Gasteiger partial charge in [-0.25, -0.2) is 10.4 Å². The van der Waals surface area contributed by atoms with Crippen molar-refractivity contribution in [1.29, 1.82) is 0 Å². The molecule has 1 heterocycles. The lowest BCUT2D eigenvalue weighted by Crippen LogP contribution is -2.48. The third kappa shape index (κ3) is 2.46. The van der Waals surface area contributed by atoms with Gasteiger partial charge >= 0.3 is 0 Å². The third-order valence-corrected chi connectivity index (χ3v) is 2.23. The van der Waals surface area contributed by atoms with E-state index in [9.17, 15) is 4.79 Å². The molecule has 1 amide bonds. The minimum Gasteiger partial charge on any atom is -0.368 e. The Morgan fingerprint density at radius 2 is 2.42 bits per heavy atom. The predicted octanol–water partition coefficient (Wildman–Crippen LogP) is -0.293. The molecule has 70 valence electrons. The summed E-state index contributed by atoms with van der Waals surface area (Å²) in [6.07, 6.45) is 1.19. The van der Waals surface area contributed by atoms with Crippen molar-refractivity contribution in [1.82, 2.24) is 10.4 Å². The molecule has 1 fully saturated rings. The largest absolute Gasteiger partial charge is 0.368 e.